The molecule has 26 heteroatoms. The van der Waals surface area contributed by atoms with Crippen molar-refractivity contribution in [1.82, 2.24) is 19.6 Å². The van der Waals surface area contributed by atoms with Gasteiger partial charge in [0.15, 0.2) is 12.1 Å². The lowest BCUT2D eigenvalue weighted by atomic mass is 10.1. The van der Waals surface area contributed by atoms with Crippen LogP contribution in [0.4, 0.5) is 26.3 Å². The SMILES string of the molecule is O=C([O-])C(F)(F)F.O=C([O-])C(F)(F)F.[NH3+]C(Cc1ccc(OCCCCN2CCN(CC(=O)O)CCN(CCCCOc3ccc(CC([NH3+])C(=O)O)cc3)CCN(CC(=O)O)CC2)cc1)C(=O)O. The Kier molecular flexibility index (Phi) is 27.7. The Hall–Kier alpha value is -5.80. The fraction of sp³-hybridized carbons (Fsp3) is 0.571. The van der Waals surface area contributed by atoms with Gasteiger partial charge in [-0.1, -0.05) is 24.3 Å². The molecule has 0 amide bonds. The Morgan fingerprint density at radius 3 is 1.01 bits per heavy atom. The van der Waals surface area contributed by atoms with Crippen LogP contribution >= 0.6 is 0 Å². The summed E-state index contributed by atoms with van der Waals surface area (Å²) in [6.07, 6.45) is -6.38. The third-order valence-electron chi connectivity index (χ3n) is 9.89. The molecule has 0 aromatic heterocycles. The first kappa shape index (κ1) is 60.2. The Bertz CT molecular complexity index is 1700. The topological polar surface area (TPSA) is 316 Å². The van der Waals surface area contributed by atoms with Gasteiger partial charge in [0.1, 0.15) is 23.4 Å². The van der Waals surface area contributed by atoms with E-state index in [9.17, 15) is 55.7 Å². The van der Waals surface area contributed by atoms with E-state index in [2.05, 4.69) is 21.3 Å². The van der Waals surface area contributed by atoms with Gasteiger partial charge in [0.25, 0.3) is 0 Å². The molecule has 0 radical (unpaired) electrons. The monoisotopic (exact) mass is 986 g/mol. The average Bonchev–Trinajstić information content (AvgIpc) is 3.24. The lowest BCUT2D eigenvalue weighted by Gasteiger charge is -2.33. The van der Waals surface area contributed by atoms with Crippen molar-refractivity contribution >= 4 is 35.8 Å². The molecule has 2 aromatic rings. The summed E-state index contributed by atoms with van der Waals surface area (Å²) in [6, 6.07) is 13.3. The van der Waals surface area contributed by atoms with Gasteiger partial charge in [0.05, 0.1) is 26.3 Å². The second kappa shape index (κ2) is 31.3. The standard InChI is InChI=1S/C38H58N6O10.2C2HF3O2/c39-33(37(49)50)25-29-5-9-31(10-6-29)53-23-3-1-13-41-15-19-43(27-35(45)46)21-17-42(18-22-44(20-16-41)28-36(47)48)14-2-4-24-54-32-11-7-30(8-12-32)26-34(40)38(51)52;2*3-2(4,5)1(6)7/h5-12,33-34H,1-4,13-28,39-40H2,(H,45,46)(H,47,48)(H,49,50)(H,51,52);2*(H,6,7). The number of hydrogen-bond acceptors (Lipinski definition) is 14. The number of nitrogens with zero attached hydrogens (tertiary/aromatic N) is 4. The summed E-state index contributed by atoms with van der Waals surface area (Å²) in [7, 11) is 0. The Morgan fingerprint density at radius 2 is 0.779 bits per heavy atom. The Balaban J connectivity index is 0.00000143. The predicted octanol–water partition coefficient (Wildman–Crippen LogP) is -1.83. The van der Waals surface area contributed by atoms with Gasteiger partial charge in [-0.15, -0.1) is 0 Å². The molecule has 2 atom stereocenters. The minimum Gasteiger partial charge on any atom is -0.542 e. The Labute approximate surface area is 387 Å². The highest BCUT2D eigenvalue weighted by Gasteiger charge is 2.29. The molecule has 1 aliphatic heterocycles. The van der Waals surface area contributed by atoms with E-state index >= 15 is 0 Å². The van der Waals surface area contributed by atoms with Crippen LogP contribution in [0.1, 0.15) is 36.8 Å². The largest absolute Gasteiger partial charge is 0.542 e. The van der Waals surface area contributed by atoms with Crippen LogP contribution in [-0.2, 0) is 41.6 Å². The molecule has 1 heterocycles. The minimum absolute atomic E-state index is 0.0520. The van der Waals surface area contributed by atoms with E-state index in [1.54, 1.807) is 0 Å². The molecule has 0 bridgehead atoms. The molecule has 384 valence electrons. The van der Waals surface area contributed by atoms with Gasteiger partial charge in [-0.3, -0.25) is 19.4 Å². The summed E-state index contributed by atoms with van der Waals surface area (Å²) in [6.45, 7) is 7.42. The molecule has 2 unspecified atom stereocenters. The smallest absolute Gasteiger partial charge is 0.430 e. The zero-order chi connectivity index (χ0) is 51.5. The van der Waals surface area contributed by atoms with Crippen LogP contribution in [0, 0.1) is 0 Å². The molecule has 1 fully saturated rings. The van der Waals surface area contributed by atoms with E-state index in [-0.39, 0.29) is 13.1 Å². The fourth-order valence-corrected chi connectivity index (χ4v) is 6.17. The normalized spacial score (nSPS) is 15.6. The number of alkyl halides is 6. The van der Waals surface area contributed by atoms with Crippen molar-refractivity contribution in [2.24, 2.45) is 0 Å². The quantitative estimate of drug-likeness (QED) is 0.0558. The van der Waals surface area contributed by atoms with Gasteiger partial charge >= 0.3 is 36.2 Å². The van der Waals surface area contributed by atoms with Crippen LogP contribution < -0.4 is 31.2 Å². The Morgan fingerprint density at radius 1 is 0.515 bits per heavy atom. The highest BCUT2D eigenvalue weighted by atomic mass is 19.4. The zero-order valence-electron chi connectivity index (χ0n) is 37.3. The highest BCUT2D eigenvalue weighted by molar-refractivity contribution is 5.72. The molecule has 0 spiro atoms. The maximum absolute atomic E-state index is 11.7. The second-order valence-electron chi connectivity index (χ2n) is 15.5. The van der Waals surface area contributed by atoms with Gasteiger partial charge in [0.2, 0.25) is 0 Å². The average molecular weight is 987 g/mol. The van der Waals surface area contributed by atoms with E-state index in [0.717, 1.165) is 49.9 Å². The highest BCUT2D eigenvalue weighted by Crippen LogP contribution is 2.16. The van der Waals surface area contributed by atoms with Crippen LogP contribution in [0.25, 0.3) is 0 Å². The van der Waals surface area contributed by atoms with Crippen molar-refractivity contribution in [2.45, 2.75) is 63.0 Å². The molecule has 20 nitrogen and oxygen atoms in total. The van der Waals surface area contributed by atoms with E-state index in [4.69, 9.17) is 39.5 Å². The van der Waals surface area contributed by atoms with E-state index < -0.39 is 60.3 Å². The second-order valence-corrected chi connectivity index (χ2v) is 15.5. The first-order valence-electron chi connectivity index (χ1n) is 21.2. The molecule has 2 aromatic carbocycles. The summed E-state index contributed by atoms with van der Waals surface area (Å²) in [5, 5.41) is 55.0. The number of carbonyl (C=O) groups is 6. The summed E-state index contributed by atoms with van der Waals surface area (Å²) < 4.78 is 74.9. The van der Waals surface area contributed by atoms with Crippen molar-refractivity contribution in [3.05, 3.63) is 59.7 Å². The van der Waals surface area contributed by atoms with Crippen molar-refractivity contribution in [3.63, 3.8) is 0 Å². The molecule has 10 N–H and O–H groups in total. The number of aliphatic carboxylic acids is 6. The molecule has 0 aliphatic carbocycles. The molecule has 1 aliphatic rings. The molecule has 3 rings (SSSR count). The number of halogens is 6. The van der Waals surface area contributed by atoms with Crippen molar-refractivity contribution in [2.75, 3.05) is 91.8 Å². The van der Waals surface area contributed by atoms with Crippen LogP contribution in [0.3, 0.4) is 0 Å². The lowest BCUT2D eigenvalue weighted by molar-refractivity contribution is -0.407. The van der Waals surface area contributed by atoms with Crippen molar-refractivity contribution in [3.8, 4) is 11.5 Å². The summed E-state index contributed by atoms with van der Waals surface area (Å²) >= 11 is 0. The third kappa shape index (κ3) is 28.4. The summed E-state index contributed by atoms with van der Waals surface area (Å²) in [4.78, 5) is 71.7. The number of ether oxygens (including phenoxy) is 2. The zero-order valence-corrected chi connectivity index (χ0v) is 37.3. The number of carbonyl (C=O) groups excluding carboxylic acids is 2. The van der Waals surface area contributed by atoms with Gasteiger partial charge in [-0.2, -0.15) is 26.3 Å². The van der Waals surface area contributed by atoms with Crippen LogP contribution in [0.5, 0.6) is 11.5 Å². The maximum atomic E-state index is 11.7. The van der Waals surface area contributed by atoms with Gasteiger partial charge in [-0.25, -0.2) is 9.59 Å². The number of carboxylic acids is 6. The third-order valence-corrected chi connectivity index (χ3v) is 9.89. The molecule has 0 saturated carbocycles. The summed E-state index contributed by atoms with van der Waals surface area (Å²) in [5.41, 5.74) is 9.07. The number of rotatable bonds is 22. The molecule has 68 heavy (non-hydrogen) atoms. The van der Waals surface area contributed by atoms with E-state index in [0.29, 0.717) is 89.9 Å². The van der Waals surface area contributed by atoms with Gasteiger partial charge < -0.3 is 71.0 Å². The molecule has 1 saturated heterocycles. The fourth-order valence-electron chi connectivity index (χ4n) is 6.17. The number of hydrogen-bond donors (Lipinski definition) is 6. The first-order valence-corrected chi connectivity index (χ1v) is 21.2. The first-order chi connectivity index (χ1) is 31.8. The van der Waals surface area contributed by atoms with Crippen LogP contribution in [0.2, 0.25) is 0 Å². The lowest BCUT2D eigenvalue weighted by Crippen LogP contribution is -2.65. The number of carboxylic acid groups (broad SMARTS) is 6. The van der Waals surface area contributed by atoms with E-state index in [1.807, 2.05) is 58.3 Å². The minimum atomic E-state index is -5.19. The van der Waals surface area contributed by atoms with Crippen molar-refractivity contribution < 1.29 is 107 Å². The number of benzene rings is 2. The predicted molar refractivity (Wildman–Crippen MR) is 222 cm³/mol. The van der Waals surface area contributed by atoms with Gasteiger partial charge in [-0.05, 0) is 74.2 Å². The molecular weight excluding hydrogens is 926 g/mol. The van der Waals surface area contributed by atoms with E-state index in [1.165, 1.54) is 0 Å². The summed E-state index contributed by atoms with van der Waals surface area (Å²) in [5.74, 6) is -8.19. The van der Waals surface area contributed by atoms with Gasteiger partial charge in [0, 0.05) is 65.2 Å². The van der Waals surface area contributed by atoms with Crippen molar-refractivity contribution in [1.29, 1.82) is 0 Å². The molecular formula is C42H60F6N6O14. The maximum Gasteiger partial charge on any atom is 0.430 e. The van der Waals surface area contributed by atoms with Crippen LogP contribution in [-0.4, -0.2) is 192 Å². The number of quaternary nitrogens is 2. The van der Waals surface area contributed by atoms with Crippen LogP contribution in [0.15, 0.2) is 48.5 Å². The number of unbranched alkanes of at least 4 members (excludes halogenated alkanes) is 2.